The molecule has 0 bridgehead atoms. The van der Waals surface area contributed by atoms with Gasteiger partial charge in [-0.3, -0.25) is 4.79 Å². The Bertz CT molecular complexity index is 1030. The molecule has 142 valence electrons. The molecule has 1 aliphatic heterocycles. The smallest absolute Gasteiger partial charge is 0.274 e. The molecular formula is C21H18F2N4O. The third-order valence-corrected chi connectivity index (χ3v) is 4.63. The maximum absolute atomic E-state index is 13.8. The maximum Gasteiger partial charge on any atom is 0.274 e. The summed E-state index contributed by atoms with van der Waals surface area (Å²) in [6.07, 6.45) is 1.91. The van der Waals surface area contributed by atoms with Crippen molar-refractivity contribution in [3.63, 3.8) is 0 Å². The summed E-state index contributed by atoms with van der Waals surface area (Å²) in [4.78, 5) is 23.4. The average Bonchev–Trinajstić information content (AvgIpc) is 2.70. The Morgan fingerprint density at radius 1 is 1.07 bits per heavy atom. The highest BCUT2D eigenvalue weighted by Gasteiger charge is 2.22. The number of nitrogens with zero attached hydrogens (tertiary/aromatic N) is 3. The van der Waals surface area contributed by atoms with E-state index in [4.69, 9.17) is 0 Å². The van der Waals surface area contributed by atoms with E-state index in [-0.39, 0.29) is 5.69 Å². The molecule has 28 heavy (non-hydrogen) atoms. The van der Waals surface area contributed by atoms with Crippen molar-refractivity contribution in [3.8, 4) is 0 Å². The van der Waals surface area contributed by atoms with E-state index in [0.29, 0.717) is 11.6 Å². The highest BCUT2D eigenvalue weighted by molar-refractivity contribution is 6.03. The minimum Gasteiger partial charge on any atom is -0.316 e. The van der Waals surface area contributed by atoms with Crippen LogP contribution in [0.25, 0.3) is 0 Å². The predicted octanol–water partition coefficient (Wildman–Crippen LogP) is 4.40. The van der Waals surface area contributed by atoms with Crippen molar-refractivity contribution in [1.29, 1.82) is 0 Å². The molecule has 0 unspecified atom stereocenters. The van der Waals surface area contributed by atoms with Gasteiger partial charge in [0.2, 0.25) is 5.95 Å². The summed E-state index contributed by atoms with van der Waals surface area (Å²) in [6.45, 7) is 2.48. The Kier molecular flexibility index (Phi) is 4.73. The molecule has 1 amide bonds. The van der Waals surface area contributed by atoms with Crippen LogP contribution in [0.15, 0.2) is 48.5 Å². The summed E-state index contributed by atoms with van der Waals surface area (Å²) in [5, 5.41) is 2.27. The number of anilines is 3. The second kappa shape index (κ2) is 7.34. The standard InChI is InChI=1S/C21H18F2N4O/c1-13-12-17(20(28)26-19-15(22)8-4-9-16(19)23)25-21(24-13)27-11-5-7-14-6-2-3-10-18(14)27/h2-4,6,8-10,12H,5,7,11H2,1H3,(H,26,28). The quantitative estimate of drug-likeness (QED) is 0.732. The maximum atomic E-state index is 13.8. The summed E-state index contributed by atoms with van der Waals surface area (Å²) in [6, 6.07) is 12.9. The van der Waals surface area contributed by atoms with Gasteiger partial charge in [-0.1, -0.05) is 24.3 Å². The summed E-state index contributed by atoms with van der Waals surface area (Å²) in [5.41, 5.74) is 2.35. The Morgan fingerprint density at radius 2 is 1.82 bits per heavy atom. The molecule has 2 aromatic carbocycles. The van der Waals surface area contributed by atoms with Crippen molar-refractivity contribution >= 4 is 23.2 Å². The molecular weight excluding hydrogens is 362 g/mol. The predicted molar refractivity (Wildman–Crippen MR) is 103 cm³/mol. The minimum absolute atomic E-state index is 0.0493. The molecule has 1 N–H and O–H groups in total. The molecule has 0 saturated heterocycles. The number of fused-ring (bicyclic) bond motifs is 1. The lowest BCUT2D eigenvalue weighted by atomic mass is 10.0. The van der Waals surface area contributed by atoms with Gasteiger partial charge < -0.3 is 10.2 Å². The Balaban J connectivity index is 1.68. The van der Waals surface area contributed by atoms with Crippen LogP contribution in [0.3, 0.4) is 0 Å². The van der Waals surface area contributed by atoms with Crippen LogP contribution in [-0.2, 0) is 6.42 Å². The van der Waals surface area contributed by atoms with Crippen LogP contribution >= 0.6 is 0 Å². The van der Waals surface area contributed by atoms with E-state index in [9.17, 15) is 13.6 Å². The lowest BCUT2D eigenvalue weighted by Crippen LogP contribution is -2.27. The van der Waals surface area contributed by atoms with Gasteiger partial charge in [-0.25, -0.2) is 18.7 Å². The Morgan fingerprint density at radius 3 is 2.61 bits per heavy atom. The molecule has 0 fully saturated rings. The first-order valence-corrected chi connectivity index (χ1v) is 8.99. The SMILES string of the molecule is Cc1cc(C(=O)Nc2c(F)cccc2F)nc(N2CCCc3ccccc32)n1. The van der Waals surface area contributed by atoms with Gasteiger partial charge in [-0.2, -0.15) is 0 Å². The molecule has 1 aromatic heterocycles. The number of halogens is 2. The zero-order valence-corrected chi connectivity index (χ0v) is 15.2. The summed E-state index contributed by atoms with van der Waals surface area (Å²) in [5.74, 6) is -1.99. The number of nitrogens with one attached hydrogen (secondary N) is 1. The number of amides is 1. The number of hydrogen-bond acceptors (Lipinski definition) is 4. The lowest BCUT2D eigenvalue weighted by molar-refractivity contribution is 0.102. The number of aryl methyl sites for hydroxylation is 2. The van der Waals surface area contributed by atoms with Gasteiger partial charge in [0, 0.05) is 17.9 Å². The van der Waals surface area contributed by atoms with E-state index in [1.165, 1.54) is 17.7 Å². The first-order valence-electron chi connectivity index (χ1n) is 8.99. The fraction of sp³-hybridized carbons (Fsp3) is 0.190. The highest BCUT2D eigenvalue weighted by atomic mass is 19.1. The normalized spacial score (nSPS) is 13.2. The van der Waals surface area contributed by atoms with E-state index in [0.717, 1.165) is 37.2 Å². The second-order valence-corrected chi connectivity index (χ2v) is 6.63. The molecule has 0 spiro atoms. The minimum atomic E-state index is -0.843. The summed E-state index contributed by atoms with van der Waals surface area (Å²) in [7, 11) is 0. The average molecular weight is 380 g/mol. The number of aromatic nitrogens is 2. The van der Waals surface area contributed by atoms with Crippen molar-refractivity contribution in [1.82, 2.24) is 9.97 Å². The molecule has 7 heteroatoms. The third kappa shape index (κ3) is 3.43. The molecule has 1 aliphatic rings. The Labute approximate surface area is 161 Å². The zero-order chi connectivity index (χ0) is 19.7. The van der Waals surface area contributed by atoms with Gasteiger partial charge in [-0.05, 0) is 49.6 Å². The fourth-order valence-corrected chi connectivity index (χ4v) is 3.33. The van der Waals surface area contributed by atoms with E-state index < -0.39 is 23.2 Å². The van der Waals surface area contributed by atoms with Crippen LogP contribution in [0.4, 0.5) is 26.1 Å². The van der Waals surface area contributed by atoms with E-state index in [1.54, 1.807) is 6.92 Å². The molecule has 3 aromatic rings. The van der Waals surface area contributed by atoms with Gasteiger partial charge in [0.25, 0.3) is 5.91 Å². The van der Waals surface area contributed by atoms with E-state index in [1.807, 2.05) is 23.1 Å². The van der Waals surface area contributed by atoms with Crippen LogP contribution in [0, 0.1) is 18.6 Å². The number of carbonyl (C=O) groups is 1. The number of benzene rings is 2. The van der Waals surface area contributed by atoms with E-state index >= 15 is 0 Å². The largest absolute Gasteiger partial charge is 0.316 e. The van der Waals surface area contributed by atoms with Crippen molar-refractivity contribution in [3.05, 3.63) is 77.1 Å². The van der Waals surface area contributed by atoms with E-state index in [2.05, 4.69) is 21.4 Å². The number of rotatable bonds is 3. The van der Waals surface area contributed by atoms with Gasteiger partial charge in [0.1, 0.15) is 23.0 Å². The molecule has 0 aliphatic carbocycles. The topological polar surface area (TPSA) is 58.1 Å². The summed E-state index contributed by atoms with van der Waals surface area (Å²) < 4.78 is 27.7. The number of carbonyl (C=O) groups excluding carboxylic acids is 1. The molecule has 0 atom stereocenters. The first-order chi connectivity index (χ1) is 13.5. The molecule has 5 nitrogen and oxygen atoms in total. The van der Waals surface area contributed by atoms with Gasteiger partial charge in [-0.15, -0.1) is 0 Å². The second-order valence-electron chi connectivity index (χ2n) is 6.63. The highest BCUT2D eigenvalue weighted by Crippen LogP contribution is 2.31. The van der Waals surface area contributed by atoms with Gasteiger partial charge in [0.15, 0.2) is 0 Å². The lowest BCUT2D eigenvalue weighted by Gasteiger charge is -2.29. The van der Waals surface area contributed by atoms with Gasteiger partial charge in [0.05, 0.1) is 0 Å². The molecule has 0 saturated carbocycles. The number of para-hydroxylation sites is 2. The molecule has 0 radical (unpaired) electrons. The van der Waals surface area contributed by atoms with Crippen molar-refractivity contribution < 1.29 is 13.6 Å². The van der Waals surface area contributed by atoms with Crippen LogP contribution in [0.1, 0.15) is 28.2 Å². The summed E-state index contributed by atoms with van der Waals surface area (Å²) >= 11 is 0. The van der Waals surface area contributed by atoms with Gasteiger partial charge >= 0.3 is 0 Å². The third-order valence-electron chi connectivity index (χ3n) is 4.63. The van der Waals surface area contributed by atoms with Crippen molar-refractivity contribution in [2.24, 2.45) is 0 Å². The van der Waals surface area contributed by atoms with Crippen LogP contribution in [0.5, 0.6) is 0 Å². The monoisotopic (exact) mass is 380 g/mol. The van der Waals surface area contributed by atoms with Crippen LogP contribution in [-0.4, -0.2) is 22.4 Å². The first kappa shape index (κ1) is 18.0. The Hall–Kier alpha value is -3.35. The van der Waals surface area contributed by atoms with Crippen molar-refractivity contribution in [2.75, 3.05) is 16.8 Å². The van der Waals surface area contributed by atoms with Crippen molar-refractivity contribution in [2.45, 2.75) is 19.8 Å². The number of hydrogen-bond donors (Lipinski definition) is 1. The van der Waals surface area contributed by atoms with Crippen LogP contribution in [0.2, 0.25) is 0 Å². The fourth-order valence-electron chi connectivity index (χ4n) is 3.33. The zero-order valence-electron chi connectivity index (χ0n) is 15.2. The van der Waals surface area contributed by atoms with Crippen LogP contribution < -0.4 is 10.2 Å². The molecule has 2 heterocycles. The molecule has 4 rings (SSSR count).